The molecule has 0 aliphatic heterocycles. The first-order valence-electron chi connectivity index (χ1n) is 8.08. The second kappa shape index (κ2) is 6.52. The second-order valence-corrected chi connectivity index (χ2v) is 5.82. The zero-order valence-corrected chi connectivity index (χ0v) is 13.4. The van der Waals surface area contributed by atoms with Gasteiger partial charge in [-0.3, -0.25) is 0 Å². The van der Waals surface area contributed by atoms with E-state index in [0.29, 0.717) is 17.0 Å². The summed E-state index contributed by atoms with van der Waals surface area (Å²) < 4.78 is 20.8. The van der Waals surface area contributed by atoms with Gasteiger partial charge in [-0.15, -0.1) is 0 Å². The summed E-state index contributed by atoms with van der Waals surface area (Å²) in [6.45, 7) is 0.614. The van der Waals surface area contributed by atoms with E-state index in [9.17, 15) is 4.39 Å². The van der Waals surface area contributed by atoms with Crippen LogP contribution >= 0.6 is 0 Å². The number of benzene rings is 1. The zero-order chi connectivity index (χ0) is 17.2. The van der Waals surface area contributed by atoms with Crippen LogP contribution in [0.2, 0.25) is 0 Å². The minimum Gasteiger partial charge on any atom is -0.455 e. The van der Waals surface area contributed by atoms with Crippen molar-refractivity contribution in [1.29, 1.82) is 0 Å². The maximum atomic E-state index is 13.2. The molecule has 1 aromatic carbocycles. The first-order valence-corrected chi connectivity index (χ1v) is 8.08. The minimum atomic E-state index is -0.272. The van der Waals surface area contributed by atoms with Crippen molar-refractivity contribution in [3.05, 3.63) is 60.1 Å². The Hall–Kier alpha value is -2.93. The molecule has 3 aromatic heterocycles. The van der Waals surface area contributed by atoms with E-state index in [1.54, 1.807) is 24.4 Å². The number of nitrogens with one attached hydrogen (secondary N) is 1. The van der Waals surface area contributed by atoms with E-state index in [4.69, 9.17) is 9.52 Å². The largest absolute Gasteiger partial charge is 0.455 e. The van der Waals surface area contributed by atoms with E-state index in [2.05, 4.69) is 15.0 Å². The quantitative estimate of drug-likeness (QED) is 0.564. The predicted octanol–water partition coefficient (Wildman–Crippen LogP) is 3.28. The maximum Gasteiger partial charge on any atom is 0.176 e. The van der Waals surface area contributed by atoms with Gasteiger partial charge < -0.3 is 19.1 Å². The van der Waals surface area contributed by atoms with Crippen molar-refractivity contribution >= 4 is 11.0 Å². The van der Waals surface area contributed by atoms with Gasteiger partial charge in [0.25, 0.3) is 0 Å². The maximum absolute atomic E-state index is 13.2. The van der Waals surface area contributed by atoms with Crippen LogP contribution in [0.15, 0.2) is 47.1 Å². The molecule has 4 aromatic rings. The van der Waals surface area contributed by atoms with E-state index in [0.717, 1.165) is 36.6 Å². The first-order chi connectivity index (χ1) is 12.2. The van der Waals surface area contributed by atoms with Gasteiger partial charge in [0.05, 0.1) is 11.0 Å². The van der Waals surface area contributed by atoms with E-state index in [1.165, 1.54) is 12.1 Å². The second-order valence-electron chi connectivity index (χ2n) is 5.82. The molecule has 25 heavy (non-hydrogen) atoms. The highest BCUT2D eigenvalue weighted by molar-refractivity contribution is 5.74. The number of fused-ring (bicyclic) bond motifs is 1. The molecule has 0 bridgehead atoms. The number of aromatic amines is 1. The SMILES string of the molecule is OCc1ccc(-c2nccn2CCCc2nc3ccc(F)cc3[nH]2)o1. The van der Waals surface area contributed by atoms with E-state index >= 15 is 0 Å². The molecule has 0 amide bonds. The van der Waals surface area contributed by atoms with Crippen LogP contribution in [0.3, 0.4) is 0 Å². The highest BCUT2D eigenvalue weighted by atomic mass is 19.1. The Morgan fingerprint density at radius 2 is 2.16 bits per heavy atom. The zero-order valence-electron chi connectivity index (χ0n) is 13.4. The van der Waals surface area contributed by atoms with E-state index in [-0.39, 0.29) is 12.4 Å². The van der Waals surface area contributed by atoms with Crippen LogP contribution in [-0.4, -0.2) is 24.6 Å². The molecule has 0 saturated carbocycles. The van der Waals surface area contributed by atoms with Crippen LogP contribution in [0.25, 0.3) is 22.6 Å². The average molecular weight is 340 g/mol. The fourth-order valence-electron chi connectivity index (χ4n) is 2.87. The number of aliphatic hydroxyl groups is 1. The van der Waals surface area contributed by atoms with Crippen molar-refractivity contribution in [1.82, 2.24) is 19.5 Å². The molecule has 2 N–H and O–H groups in total. The molecule has 0 atom stereocenters. The molecule has 0 unspecified atom stereocenters. The Labute approximate surface area is 143 Å². The van der Waals surface area contributed by atoms with Gasteiger partial charge in [-0.2, -0.15) is 0 Å². The van der Waals surface area contributed by atoms with Gasteiger partial charge >= 0.3 is 0 Å². The number of aromatic nitrogens is 4. The normalized spacial score (nSPS) is 11.4. The Morgan fingerprint density at radius 1 is 1.24 bits per heavy atom. The summed E-state index contributed by atoms with van der Waals surface area (Å²) in [6, 6.07) is 8.08. The molecular weight excluding hydrogens is 323 g/mol. The van der Waals surface area contributed by atoms with Crippen molar-refractivity contribution in [3.8, 4) is 11.6 Å². The number of aryl methyl sites for hydroxylation is 2. The molecule has 0 spiro atoms. The minimum absolute atomic E-state index is 0.132. The number of hydrogen-bond acceptors (Lipinski definition) is 4. The lowest BCUT2D eigenvalue weighted by molar-refractivity contribution is 0.248. The molecule has 0 saturated heterocycles. The number of imidazole rings is 2. The molecule has 128 valence electrons. The van der Waals surface area contributed by atoms with Crippen molar-refractivity contribution < 1.29 is 13.9 Å². The third-order valence-corrected chi connectivity index (χ3v) is 4.06. The van der Waals surface area contributed by atoms with Crippen molar-refractivity contribution in [2.75, 3.05) is 0 Å². The summed E-state index contributed by atoms with van der Waals surface area (Å²) in [7, 11) is 0. The smallest absolute Gasteiger partial charge is 0.176 e. The number of furan rings is 1. The van der Waals surface area contributed by atoms with Crippen molar-refractivity contribution in [2.24, 2.45) is 0 Å². The molecule has 0 aliphatic rings. The molecule has 7 heteroatoms. The summed E-state index contributed by atoms with van der Waals surface area (Å²) in [5.74, 6) is 2.44. The number of hydrogen-bond donors (Lipinski definition) is 2. The molecule has 0 fully saturated rings. The molecule has 0 radical (unpaired) electrons. The monoisotopic (exact) mass is 340 g/mol. The molecular formula is C18H17FN4O2. The summed E-state index contributed by atoms with van der Waals surface area (Å²) in [6.07, 6.45) is 5.21. The number of H-pyrrole nitrogens is 1. The van der Waals surface area contributed by atoms with Gasteiger partial charge in [0.15, 0.2) is 11.6 Å². The lowest BCUT2D eigenvalue weighted by Crippen LogP contribution is -2.01. The van der Waals surface area contributed by atoms with Gasteiger partial charge in [-0.05, 0) is 36.8 Å². The number of rotatable bonds is 6. The van der Waals surface area contributed by atoms with Crippen LogP contribution in [0, 0.1) is 5.82 Å². The molecule has 0 aliphatic carbocycles. The van der Waals surface area contributed by atoms with Crippen LogP contribution in [-0.2, 0) is 19.6 Å². The van der Waals surface area contributed by atoms with Gasteiger partial charge in [0.1, 0.15) is 24.0 Å². The Bertz CT molecular complexity index is 1000. The topological polar surface area (TPSA) is 79.9 Å². The predicted molar refractivity (Wildman–Crippen MR) is 90.2 cm³/mol. The van der Waals surface area contributed by atoms with Crippen molar-refractivity contribution in [2.45, 2.75) is 26.0 Å². The van der Waals surface area contributed by atoms with Gasteiger partial charge in [0, 0.05) is 25.4 Å². The van der Waals surface area contributed by atoms with E-state index < -0.39 is 0 Å². The summed E-state index contributed by atoms with van der Waals surface area (Å²) >= 11 is 0. The third kappa shape index (κ3) is 3.18. The first kappa shape index (κ1) is 15.6. The molecule has 6 nitrogen and oxygen atoms in total. The summed E-state index contributed by atoms with van der Waals surface area (Å²) in [5.41, 5.74) is 1.48. The van der Waals surface area contributed by atoms with Crippen LogP contribution in [0.4, 0.5) is 4.39 Å². The highest BCUT2D eigenvalue weighted by Gasteiger charge is 2.11. The molecule has 4 rings (SSSR count). The van der Waals surface area contributed by atoms with E-state index in [1.807, 2.05) is 10.8 Å². The summed E-state index contributed by atoms with van der Waals surface area (Å²) in [5, 5.41) is 9.11. The van der Waals surface area contributed by atoms with Gasteiger partial charge in [-0.1, -0.05) is 0 Å². The number of nitrogens with zero attached hydrogens (tertiary/aromatic N) is 3. The Balaban J connectivity index is 1.44. The lowest BCUT2D eigenvalue weighted by Gasteiger charge is -2.05. The van der Waals surface area contributed by atoms with Crippen LogP contribution in [0.1, 0.15) is 18.0 Å². The Morgan fingerprint density at radius 3 is 3.00 bits per heavy atom. The lowest BCUT2D eigenvalue weighted by atomic mass is 10.3. The summed E-state index contributed by atoms with van der Waals surface area (Å²) in [4.78, 5) is 12.0. The number of halogens is 1. The van der Waals surface area contributed by atoms with Crippen molar-refractivity contribution in [3.63, 3.8) is 0 Å². The third-order valence-electron chi connectivity index (χ3n) is 4.06. The average Bonchev–Trinajstić information content (AvgIpc) is 3.32. The molecule has 3 heterocycles. The highest BCUT2D eigenvalue weighted by Crippen LogP contribution is 2.21. The standard InChI is InChI=1S/C18H17FN4O2/c19-12-3-5-14-15(10-12)22-17(21-14)2-1-8-23-9-7-20-18(23)16-6-4-13(11-24)25-16/h3-7,9-10,24H,1-2,8,11H2,(H,21,22). The fourth-order valence-corrected chi connectivity index (χ4v) is 2.87. The van der Waals surface area contributed by atoms with Crippen LogP contribution in [0.5, 0.6) is 0 Å². The van der Waals surface area contributed by atoms with Gasteiger partial charge in [-0.25, -0.2) is 14.4 Å². The van der Waals surface area contributed by atoms with Gasteiger partial charge in [0.2, 0.25) is 0 Å². The fraction of sp³-hybridized carbons (Fsp3) is 0.222. The Kier molecular flexibility index (Phi) is 4.07. The van der Waals surface area contributed by atoms with Crippen LogP contribution < -0.4 is 0 Å². The number of aliphatic hydroxyl groups excluding tert-OH is 1.